The van der Waals surface area contributed by atoms with Crippen molar-refractivity contribution in [3.05, 3.63) is 60.0 Å². The van der Waals surface area contributed by atoms with Gasteiger partial charge in [-0.1, -0.05) is 12.1 Å². The first-order valence-electron chi connectivity index (χ1n) is 8.99. The lowest BCUT2D eigenvalue weighted by Gasteiger charge is -2.13. The predicted molar refractivity (Wildman–Crippen MR) is 110 cm³/mol. The Morgan fingerprint density at radius 1 is 1.10 bits per heavy atom. The summed E-state index contributed by atoms with van der Waals surface area (Å²) in [6, 6.07) is 11.8. The number of nitrogens with one attached hydrogen (secondary N) is 1. The molecule has 0 spiro atoms. The van der Waals surface area contributed by atoms with Gasteiger partial charge in [0.1, 0.15) is 5.82 Å². The van der Waals surface area contributed by atoms with Crippen LogP contribution < -0.4 is 10.2 Å². The monoisotopic (exact) mass is 434 g/mol. The third kappa shape index (κ3) is 7.53. The van der Waals surface area contributed by atoms with Gasteiger partial charge in [0, 0.05) is 44.8 Å². The molecular formula is C20H21F3N6O2. The highest BCUT2D eigenvalue weighted by atomic mass is 19.4. The molecule has 0 aliphatic carbocycles. The first-order valence-corrected chi connectivity index (χ1v) is 8.99. The summed E-state index contributed by atoms with van der Waals surface area (Å²) in [7, 11) is 3.93. The van der Waals surface area contributed by atoms with Crippen LogP contribution in [0.15, 0.2) is 48.8 Å². The molecule has 164 valence electrons. The summed E-state index contributed by atoms with van der Waals surface area (Å²) in [5.41, 5.74) is 3.72. The van der Waals surface area contributed by atoms with Crippen LogP contribution in [-0.2, 0) is 11.3 Å². The van der Waals surface area contributed by atoms with Gasteiger partial charge in [0.15, 0.2) is 0 Å². The van der Waals surface area contributed by atoms with Gasteiger partial charge in [0.05, 0.1) is 11.4 Å². The van der Waals surface area contributed by atoms with Crippen LogP contribution in [-0.4, -0.2) is 51.3 Å². The standard InChI is InChI=1S/C18H20N6.C2HF3O2/c1-13-10-17(24(2)3)23-18(22-13)21-12-14-7-8-16(20-11-14)15-6-4-5-9-19-15;3-2(4,5)1(6)7/h4-11H,12H2,1-3H3,(H,21,22,23);(H,6,7). The van der Waals surface area contributed by atoms with Crippen molar-refractivity contribution in [2.45, 2.75) is 19.6 Å². The second kappa shape index (κ2) is 10.3. The number of aromatic nitrogens is 4. The van der Waals surface area contributed by atoms with E-state index < -0.39 is 12.1 Å². The van der Waals surface area contributed by atoms with Crippen LogP contribution >= 0.6 is 0 Å². The number of aryl methyl sites for hydroxylation is 1. The average Bonchev–Trinajstić information content (AvgIpc) is 2.72. The highest BCUT2D eigenvalue weighted by Gasteiger charge is 2.38. The van der Waals surface area contributed by atoms with Gasteiger partial charge in [-0.3, -0.25) is 9.97 Å². The number of hydrogen-bond acceptors (Lipinski definition) is 7. The lowest BCUT2D eigenvalue weighted by atomic mass is 10.2. The SMILES string of the molecule is Cc1cc(N(C)C)nc(NCc2ccc(-c3ccccn3)nc2)n1.O=C(O)C(F)(F)F. The second-order valence-corrected chi connectivity index (χ2v) is 6.51. The van der Waals surface area contributed by atoms with Crippen LogP contribution in [0.4, 0.5) is 24.9 Å². The van der Waals surface area contributed by atoms with Crippen LogP contribution in [0.2, 0.25) is 0 Å². The van der Waals surface area contributed by atoms with Crippen LogP contribution in [0.3, 0.4) is 0 Å². The molecule has 3 aromatic rings. The molecule has 0 atom stereocenters. The van der Waals surface area contributed by atoms with Gasteiger partial charge in [0.25, 0.3) is 0 Å². The topological polar surface area (TPSA) is 104 Å². The quantitative estimate of drug-likeness (QED) is 0.628. The lowest BCUT2D eigenvalue weighted by molar-refractivity contribution is -0.192. The van der Waals surface area contributed by atoms with Gasteiger partial charge in [-0.15, -0.1) is 0 Å². The molecule has 0 aliphatic heterocycles. The molecule has 0 fully saturated rings. The average molecular weight is 434 g/mol. The largest absolute Gasteiger partial charge is 0.490 e. The summed E-state index contributed by atoms with van der Waals surface area (Å²) >= 11 is 0. The number of hydrogen-bond donors (Lipinski definition) is 2. The molecule has 8 nitrogen and oxygen atoms in total. The van der Waals surface area contributed by atoms with Crippen molar-refractivity contribution in [3.63, 3.8) is 0 Å². The van der Waals surface area contributed by atoms with Crippen molar-refractivity contribution >= 4 is 17.7 Å². The summed E-state index contributed by atoms with van der Waals surface area (Å²) in [4.78, 5) is 28.5. The zero-order chi connectivity index (χ0) is 23.0. The highest BCUT2D eigenvalue weighted by molar-refractivity contribution is 5.73. The highest BCUT2D eigenvalue weighted by Crippen LogP contribution is 2.16. The minimum absolute atomic E-state index is 0.617. The van der Waals surface area contributed by atoms with Crippen molar-refractivity contribution in [1.29, 1.82) is 0 Å². The Bertz CT molecular complexity index is 996. The Kier molecular flexibility index (Phi) is 7.83. The molecule has 3 aromatic heterocycles. The van der Waals surface area contributed by atoms with Crippen LogP contribution in [0, 0.1) is 6.92 Å². The maximum absolute atomic E-state index is 10.6. The van der Waals surface area contributed by atoms with Crippen molar-refractivity contribution in [3.8, 4) is 11.4 Å². The zero-order valence-corrected chi connectivity index (χ0v) is 17.1. The molecule has 0 aromatic carbocycles. The number of anilines is 2. The zero-order valence-electron chi connectivity index (χ0n) is 17.1. The van der Waals surface area contributed by atoms with E-state index >= 15 is 0 Å². The Labute approximate surface area is 176 Å². The van der Waals surface area contributed by atoms with E-state index in [1.807, 2.05) is 68.5 Å². The predicted octanol–water partition coefficient (Wildman–Crippen LogP) is 3.55. The normalized spacial score (nSPS) is 10.6. The van der Waals surface area contributed by atoms with Gasteiger partial charge >= 0.3 is 12.1 Å². The third-order valence-electron chi connectivity index (χ3n) is 3.74. The van der Waals surface area contributed by atoms with E-state index in [0.717, 1.165) is 28.5 Å². The number of aliphatic carboxylic acids is 1. The number of alkyl halides is 3. The van der Waals surface area contributed by atoms with Gasteiger partial charge in [-0.05, 0) is 30.7 Å². The third-order valence-corrected chi connectivity index (χ3v) is 3.74. The van der Waals surface area contributed by atoms with Crippen molar-refractivity contribution < 1.29 is 23.1 Å². The van der Waals surface area contributed by atoms with Crippen molar-refractivity contribution in [2.75, 3.05) is 24.3 Å². The first-order chi connectivity index (χ1) is 14.6. The fourth-order valence-corrected chi connectivity index (χ4v) is 2.24. The Hall–Kier alpha value is -3.76. The van der Waals surface area contributed by atoms with E-state index in [-0.39, 0.29) is 0 Å². The summed E-state index contributed by atoms with van der Waals surface area (Å²) in [6.45, 7) is 2.58. The van der Waals surface area contributed by atoms with Crippen molar-refractivity contribution in [2.24, 2.45) is 0 Å². The fourth-order valence-electron chi connectivity index (χ4n) is 2.24. The van der Waals surface area contributed by atoms with E-state index in [2.05, 4.69) is 25.3 Å². The van der Waals surface area contributed by atoms with E-state index in [0.29, 0.717) is 12.5 Å². The maximum Gasteiger partial charge on any atom is 0.490 e. The number of carboxylic acids is 1. The van der Waals surface area contributed by atoms with Gasteiger partial charge in [0.2, 0.25) is 5.95 Å². The van der Waals surface area contributed by atoms with Crippen LogP contribution in [0.1, 0.15) is 11.3 Å². The van der Waals surface area contributed by atoms with E-state index in [1.165, 1.54) is 0 Å². The number of rotatable bonds is 5. The molecule has 11 heteroatoms. The Morgan fingerprint density at radius 3 is 2.29 bits per heavy atom. The molecule has 0 bridgehead atoms. The van der Waals surface area contributed by atoms with Gasteiger partial charge < -0.3 is 15.3 Å². The molecule has 0 aliphatic rings. The van der Waals surface area contributed by atoms with Crippen molar-refractivity contribution in [1.82, 2.24) is 19.9 Å². The van der Waals surface area contributed by atoms with Gasteiger partial charge in [-0.2, -0.15) is 18.2 Å². The van der Waals surface area contributed by atoms with Crippen LogP contribution in [0.25, 0.3) is 11.4 Å². The molecule has 3 heterocycles. The molecule has 0 unspecified atom stereocenters. The fraction of sp³-hybridized carbons (Fsp3) is 0.250. The molecular weight excluding hydrogens is 413 g/mol. The number of halogens is 3. The van der Waals surface area contributed by atoms with Crippen LogP contribution in [0.5, 0.6) is 0 Å². The molecule has 2 N–H and O–H groups in total. The summed E-state index contributed by atoms with van der Waals surface area (Å²) < 4.78 is 31.7. The molecule has 0 saturated heterocycles. The Morgan fingerprint density at radius 2 is 1.77 bits per heavy atom. The van der Waals surface area contributed by atoms with E-state index in [9.17, 15) is 13.2 Å². The molecule has 31 heavy (non-hydrogen) atoms. The number of carbonyl (C=O) groups is 1. The van der Waals surface area contributed by atoms with E-state index in [1.54, 1.807) is 6.20 Å². The number of pyridine rings is 2. The molecule has 0 amide bonds. The smallest absolute Gasteiger partial charge is 0.475 e. The second-order valence-electron chi connectivity index (χ2n) is 6.51. The number of nitrogens with zero attached hydrogens (tertiary/aromatic N) is 5. The minimum Gasteiger partial charge on any atom is -0.475 e. The summed E-state index contributed by atoms with van der Waals surface area (Å²) in [5.74, 6) is -1.26. The molecule has 0 radical (unpaired) electrons. The first kappa shape index (κ1) is 23.5. The Balaban J connectivity index is 0.000000423. The van der Waals surface area contributed by atoms with Gasteiger partial charge in [-0.25, -0.2) is 9.78 Å². The molecule has 3 rings (SSSR count). The molecule has 0 saturated carbocycles. The maximum atomic E-state index is 10.6. The summed E-state index contributed by atoms with van der Waals surface area (Å²) in [5, 5.41) is 10.4. The lowest BCUT2D eigenvalue weighted by Crippen LogP contribution is -2.21. The number of carboxylic acid groups (broad SMARTS) is 1. The summed E-state index contributed by atoms with van der Waals surface area (Å²) in [6.07, 6.45) is -1.47. The minimum atomic E-state index is -5.08. The van der Waals surface area contributed by atoms with E-state index in [4.69, 9.17) is 9.90 Å².